The topological polar surface area (TPSA) is 29.5 Å². The van der Waals surface area contributed by atoms with Crippen LogP contribution in [0.5, 0.6) is 5.75 Å². The Morgan fingerprint density at radius 2 is 1.85 bits per heavy atom. The summed E-state index contributed by atoms with van der Waals surface area (Å²) in [5, 5.41) is 10.8. The zero-order chi connectivity index (χ0) is 14.2. The molecule has 1 aliphatic rings. The highest BCUT2D eigenvalue weighted by molar-refractivity contribution is 9.10. The molecule has 1 saturated carbocycles. The zero-order valence-electron chi connectivity index (χ0n) is 11.3. The lowest BCUT2D eigenvalue weighted by Crippen LogP contribution is -2.18. The van der Waals surface area contributed by atoms with E-state index in [1.165, 1.54) is 5.56 Å². The van der Waals surface area contributed by atoms with Gasteiger partial charge in [-0.25, -0.2) is 0 Å². The minimum absolute atomic E-state index is 0.116. The van der Waals surface area contributed by atoms with E-state index in [0.29, 0.717) is 0 Å². The summed E-state index contributed by atoms with van der Waals surface area (Å²) in [5.74, 6) is 0.783. The first-order chi connectivity index (χ1) is 9.67. The van der Waals surface area contributed by atoms with E-state index in [1.54, 1.807) is 7.11 Å². The molecule has 1 fully saturated rings. The van der Waals surface area contributed by atoms with Gasteiger partial charge in [-0.05, 0) is 52.0 Å². The molecule has 3 rings (SSSR count). The summed E-state index contributed by atoms with van der Waals surface area (Å²) >= 11 is 3.48. The molecule has 0 spiro atoms. The molecule has 0 bridgehead atoms. The Morgan fingerprint density at radius 1 is 1.15 bits per heavy atom. The normalized spacial score (nSPS) is 17.6. The van der Waals surface area contributed by atoms with Crippen LogP contribution >= 0.6 is 15.9 Å². The molecule has 20 heavy (non-hydrogen) atoms. The fraction of sp³-hybridized carbons (Fsp3) is 0.294. The fourth-order valence-corrected chi connectivity index (χ4v) is 3.35. The third-order valence-corrected chi connectivity index (χ3v) is 4.77. The van der Waals surface area contributed by atoms with E-state index in [0.717, 1.165) is 28.6 Å². The van der Waals surface area contributed by atoms with Gasteiger partial charge in [0.1, 0.15) is 5.75 Å². The second-order valence-electron chi connectivity index (χ2n) is 5.32. The average Bonchev–Trinajstić information content (AvgIpc) is 3.29. The van der Waals surface area contributed by atoms with E-state index < -0.39 is 6.10 Å². The predicted octanol–water partition coefficient (Wildman–Crippen LogP) is 4.22. The fourth-order valence-electron chi connectivity index (χ4n) is 2.80. The number of rotatable bonds is 4. The number of benzene rings is 2. The average molecular weight is 333 g/mol. The Balaban J connectivity index is 1.93. The van der Waals surface area contributed by atoms with Gasteiger partial charge >= 0.3 is 0 Å². The summed E-state index contributed by atoms with van der Waals surface area (Å²) in [7, 11) is 1.64. The van der Waals surface area contributed by atoms with Crippen molar-refractivity contribution in [3.05, 3.63) is 64.1 Å². The molecule has 0 radical (unpaired) electrons. The lowest BCUT2D eigenvalue weighted by molar-refractivity contribution is 0.133. The summed E-state index contributed by atoms with van der Waals surface area (Å²) in [6.45, 7) is 0. The molecule has 0 aromatic heterocycles. The first-order valence-corrected chi connectivity index (χ1v) is 7.54. The van der Waals surface area contributed by atoms with Gasteiger partial charge in [0.15, 0.2) is 0 Å². The second kappa shape index (κ2) is 5.23. The molecule has 1 atom stereocenters. The molecular weight excluding hydrogens is 316 g/mol. The van der Waals surface area contributed by atoms with Gasteiger partial charge in [-0.15, -0.1) is 0 Å². The smallest absolute Gasteiger partial charge is 0.133 e. The molecule has 104 valence electrons. The van der Waals surface area contributed by atoms with Crippen molar-refractivity contribution in [1.82, 2.24) is 0 Å². The van der Waals surface area contributed by atoms with Crippen LogP contribution in [-0.2, 0) is 5.41 Å². The maximum absolute atomic E-state index is 10.8. The van der Waals surface area contributed by atoms with Crippen LogP contribution in [0.15, 0.2) is 53.0 Å². The van der Waals surface area contributed by atoms with Gasteiger partial charge in [-0.2, -0.15) is 0 Å². The van der Waals surface area contributed by atoms with Crippen LogP contribution in [0, 0.1) is 0 Å². The van der Waals surface area contributed by atoms with Crippen LogP contribution in [0.1, 0.15) is 30.1 Å². The van der Waals surface area contributed by atoms with Gasteiger partial charge < -0.3 is 9.84 Å². The molecule has 2 aromatic carbocycles. The van der Waals surface area contributed by atoms with Crippen LogP contribution in [-0.4, -0.2) is 12.2 Å². The van der Waals surface area contributed by atoms with Crippen molar-refractivity contribution in [1.29, 1.82) is 0 Å². The minimum Gasteiger partial charge on any atom is -0.496 e. The highest BCUT2D eigenvalue weighted by Crippen LogP contribution is 2.56. The third kappa shape index (κ3) is 2.25. The molecule has 2 aromatic rings. The van der Waals surface area contributed by atoms with Gasteiger partial charge in [0.2, 0.25) is 0 Å². The van der Waals surface area contributed by atoms with Gasteiger partial charge in [-0.3, -0.25) is 0 Å². The maximum Gasteiger partial charge on any atom is 0.133 e. The Labute approximate surface area is 127 Å². The van der Waals surface area contributed by atoms with E-state index in [-0.39, 0.29) is 5.41 Å². The molecule has 0 heterocycles. The van der Waals surface area contributed by atoms with E-state index in [1.807, 2.05) is 36.4 Å². The molecule has 2 nitrogen and oxygen atoms in total. The molecule has 0 amide bonds. The van der Waals surface area contributed by atoms with Crippen molar-refractivity contribution in [3.8, 4) is 5.75 Å². The van der Waals surface area contributed by atoms with E-state index >= 15 is 0 Å². The summed E-state index contributed by atoms with van der Waals surface area (Å²) in [6, 6.07) is 16.1. The molecule has 0 aliphatic heterocycles. The minimum atomic E-state index is -0.480. The Morgan fingerprint density at radius 3 is 2.40 bits per heavy atom. The van der Waals surface area contributed by atoms with E-state index in [4.69, 9.17) is 4.74 Å². The van der Waals surface area contributed by atoms with Crippen LogP contribution in [0.4, 0.5) is 0 Å². The van der Waals surface area contributed by atoms with Crippen molar-refractivity contribution >= 4 is 15.9 Å². The first-order valence-electron chi connectivity index (χ1n) is 6.74. The number of methoxy groups -OCH3 is 1. The quantitative estimate of drug-likeness (QED) is 0.908. The predicted molar refractivity (Wildman–Crippen MR) is 83.0 cm³/mol. The molecular formula is C17H17BrO2. The second-order valence-corrected chi connectivity index (χ2v) is 6.17. The largest absolute Gasteiger partial charge is 0.496 e. The monoisotopic (exact) mass is 332 g/mol. The standard InChI is InChI=1S/C17H17BrO2/c1-20-15-8-7-12(11-14(15)18)16(19)17(9-10-17)13-5-3-2-4-6-13/h2-8,11,16,19H,9-10H2,1H3. The van der Waals surface area contributed by atoms with E-state index in [2.05, 4.69) is 28.1 Å². The Kier molecular flexibility index (Phi) is 3.57. The highest BCUT2D eigenvalue weighted by Gasteiger charge is 2.50. The van der Waals surface area contributed by atoms with Crippen LogP contribution in [0.2, 0.25) is 0 Å². The van der Waals surface area contributed by atoms with Gasteiger partial charge in [0.05, 0.1) is 17.7 Å². The van der Waals surface area contributed by atoms with Gasteiger partial charge in [0, 0.05) is 5.41 Å². The van der Waals surface area contributed by atoms with Gasteiger partial charge in [0.25, 0.3) is 0 Å². The summed E-state index contributed by atoms with van der Waals surface area (Å²) in [4.78, 5) is 0. The third-order valence-electron chi connectivity index (χ3n) is 4.15. The molecule has 3 heteroatoms. The van der Waals surface area contributed by atoms with E-state index in [9.17, 15) is 5.11 Å². The molecule has 0 saturated heterocycles. The van der Waals surface area contributed by atoms with Crippen LogP contribution in [0.3, 0.4) is 0 Å². The highest BCUT2D eigenvalue weighted by atomic mass is 79.9. The van der Waals surface area contributed by atoms with Gasteiger partial charge in [-0.1, -0.05) is 36.4 Å². The lowest BCUT2D eigenvalue weighted by Gasteiger charge is -2.23. The SMILES string of the molecule is COc1ccc(C(O)C2(c3ccccc3)CC2)cc1Br. The lowest BCUT2D eigenvalue weighted by atomic mass is 9.86. The van der Waals surface area contributed by atoms with Crippen molar-refractivity contribution in [3.63, 3.8) is 0 Å². The number of halogens is 1. The number of hydrogen-bond donors (Lipinski definition) is 1. The number of ether oxygens (including phenoxy) is 1. The molecule has 1 N–H and O–H groups in total. The van der Waals surface area contributed by atoms with Crippen LogP contribution < -0.4 is 4.74 Å². The van der Waals surface area contributed by atoms with Crippen molar-refractivity contribution in [2.45, 2.75) is 24.4 Å². The number of aliphatic hydroxyl groups excluding tert-OH is 1. The van der Waals surface area contributed by atoms with Crippen LogP contribution in [0.25, 0.3) is 0 Å². The van der Waals surface area contributed by atoms with Crippen molar-refractivity contribution < 1.29 is 9.84 Å². The number of hydrogen-bond acceptors (Lipinski definition) is 2. The molecule has 1 aliphatic carbocycles. The summed E-state index contributed by atoms with van der Waals surface area (Å²) in [5.41, 5.74) is 2.04. The summed E-state index contributed by atoms with van der Waals surface area (Å²) < 4.78 is 6.11. The Hall–Kier alpha value is -1.32. The maximum atomic E-state index is 10.8. The first kappa shape index (κ1) is 13.7. The van der Waals surface area contributed by atoms with Crippen molar-refractivity contribution in [2.75, 3.05) is 7.11 Å². The Bertz CT molecular complexity index is 606. The van der Waals surface area contributed by atoms with Crippen molar-refractivity contribution in [2.24, 2.45) is 0 Å². The molecule has 1 unspecified atom stereocenters. The zero-order valence-corrected chi connectivity index (χ0v) is 12.9. The number of aliphatic hydroxyl groups is 1. The summed E-state index contributed by atoms with van der Waals surface area (Å²) in [6.07, 6.45) is 1.58.